The number of pyridine rings is 2. The molecule has 0 saturated carbocycles. The van der Waals surface area contributed by atoms with E-state index >= 15 is 0 Å². The SMILES string of the molecule is COc1ccc(C(=O)Nc2ccc(-c3cn4ccccc4n3)cc2)c(Oc2ccncc2)c1. The monoisotopic (exact) mass is 436 g/mol. The van der Waals surface area contributed by atoms with Crippen LogP contribution >= 0.6 is 0 Å². The van der Waals surface area contributed by atoms with Crippen LogP contribution in [0.25, 0.3) is 16.9 Å². The van der Waals surface area contributed by atoms with E-state index in [0.29, 0.717) is 28.5 Å². The molecule has 0 aliphatic heterocycles. The van der Waals surface area contributed by atoms with E-state index in [2.05, 4.69) is 15.3 Å². The third-order valence-corrected chi connectivity index (χ3v) is 5.11. The van der Waals surface area contributed by atoms with Gasteiger partial charge in [-0.1, -0.05) is 18.2 Å². The molecule has 0 radical (unpaired) electrons. The molecule has 2 aromatic carbocycles. The van der Waals surface area contributed by atoms with Crippen molar-refractivity contribution in [2.45, 2.75) is 0 Å². The van der Waals surface area contributed by atoms with Gasteiger partial charge in [-0.3, -0.25) is 9.78 Å². The second kappa shape index (κ2) is 8.84. The predicted octanol–water partition coefficient (Wildman–Crippen LogP) is 5.45. The van der Waals surface area contributed by atoms with E-state index in [0.717, 1.165) is 16.9 Å². The number of amides is 1. The fourth-order valence-electron chi connectivity index (χ4n) is 3.43. The van der Waals surface area contributed by atoms with Crippen molar-refractivity contribution < 1.29 is 14.3 Å². The van der Waals surface area contributed by atoms with Crippen molar-refractivity contribution in [2.24, 2.45) is 0 Å². The summed E-state index contributed by atoms with van der Waals surface area (Å²) >= 11 is 0. The Morgan fingerprint density at radius 1 is 0.939 bits per heavy atom. The number of carbonyl (C=O) groups is 1. The lowest BCUT2D eigenvalue weighted by atomic mass is 10.1. The van der Waals surface area contributed by atoms with Crippen LogP contribution in [-0.2, 0) is 0 Å². The maximum absolute atomic E-state index is 13.0. The number of anilines is 1. The maximum Gasteiger partial charge on any atom is 0.259 e. The Morgan fingerprint density at radius 2 is 1.76 bits per heavy atom. The zero-order valence-electron chi connectivity index (χ0n) is 17.8. The Bertz CT molecular complexity index is 1380. The fraction of sp³-hybridized carbons (Fsp3) is 0.0385. The molecule has 0 spiro atoms. The van der Waals surface area contributed by atoms with Crippen LogP contribution in [0.15, 0.2) is 97.6 Å². The van der Waals surface area contributed by atoms with E-state index in [9.17, 15) is 4.79 Å². The van der Waals surface area contributed by atoms with Crippen LogP contribution in [-0.4, -0.2) is 27.4 Å². The molecule has 1 N–H and O–H groups in total. The molecule has 0 atom stereocenters. The number of ether oxygens (including phenoxy) is 2. The van der Waals surface area contributed by atoms with E-state index in [1.165, 1.54) is 0 Å². The largest absolute Gasteiger partial charge is 0.497 e. The number of rotatable bonds is 6. The first kappa shape index (κ1) is 20.3. The molecule has 7 heteroatoms. The zero-order valence-corrected chi connectivity index (χ0v) is 17.8. The summed E-state index contributed by atoms with van der Waals surface area (Å²) in [6.07, 6.45) is 7.18. The predicted molar refractivity (Wildman–Crippen MR) is 126 cm³/mol. The van der Waals surface area contributed by atoms with Crippen molar-refractivity contribution in [3.8, 4) is 28.5 Å². The van der Waals surface area contributed by atoms with Gasteiger partial charge in [0, 0.05) is 42.1 Å². The first-order valence-corrected chi connectivity index (χ1v) is 10.3. The minimum atomic E-state index is -0.290. The Labute approximate surface area is 190 Å². The molecule has 1 amide bonds. The number of hydrogen-bond donors (Lipinski definition) is 1. The van der Waals surface area contributed by atoms with Gasteiger partial charge >= 0.3 is 0 Å². The molecule has 0 bridgehead atoms. The summed E-state index contributed by atoms with van der Waals surface area (Å²) in [5.41, 5.74) is 3.76. The summed E-state index contributed by atoms with van der Waals surface area (Å²) < 4.78 is 13.2. The Morgan fingerprint density at radius 3 is 2.52 bits per heavy atom. The average Bonchev–Trinajstić information content (AvgIpc) is 3.29. The van der Waals surface area contributed by atoms with Crippen molar-refractivity contribution >= 4 is 17.2 Å². The summed E-state index contributed by atoms with van der Waals surface area (Å²) in [5.74, 6) is 1.26. The molecule has 0 aliphatic carbocycles. The molecule has 33 heavy (non-hydrogen) atoms. The van der Waals surface area contributed by atoms with Crippen LogP contribution in [0.2, 0.25) is 0 Å². The summed E-state index contributed by atoms with van der Waals surface area (Å²) in [5, 5.41) is 2.93. The van der Waals surface area contributed by atoms with E-state index in [4.69, 9.17) is 9.47 Å². The normalized spacial score (nSPS) is 10.7. The molecule has 0 saturated heterocycles. The highest BCUT2D eigenvalue weighted by Gasteiger charge is 2.15. The van der Waals surface area contributed by atoms with Gasteiger partial charge in [-0.25, -0.2) is 4.98 Å². The van der Waals surface area contributed by atoms with Crippen molar-refractivity contribution in [1.82, 2.24) is 14.4 Å². The first-order chi connectivity index (χ1) is 16.2. The summed E-state index contributed by atoms with van der Waals surface area (Å²) in [7, 11) is 1.57. The van der Waals surface area contributed by atoms with Gasteiger partial charge in [0.2, 0.25) is 0 Å². The Balaban J connectivity index is 1.37. The molecule has 0 unspecified atom stereocenters. The van der Waals surface area contributed by atoms with Gasteiger partial charge in [0.05, 0.1) is 18.4 Å². The van der Waals surface area contributed by atoms with E-state index < -0.39 is 0 Å². The molecule has 5 rings (SSSR count). The molecule has 5 aromatic rings. The van der Waals surface area contributed by atoms with Crippen LogP contribution < -0.4 is 14.8 Å². The van der Waals surface area contributed by atoms with Gasteiger partial charge in [-0.05, 0) is 48.5 Å². The van der Waals surface area contributed by atoms with E-state index in [1.54, 1.807) is 49.8 Å². The van der Waals surface area contributed by atoms with Gasteiger partial charge in [0.15, 0.2) is 0 Å². The van der Waals surface area contributed by atoms with Crippen molar-refractivity contribution in [3.63, 3.8) is 0 Å². The number of imidazole rings is 1. The minimum absolute atomic E-state index is 0.290. The van der Waals surface area contributed by atoms with Crippen LogP contribution in [0.5, 0.6) is 17.2 Å². The molecule has 162 valence electrons. The summed E-state index contributed by atoms with van der Waals surface area (Å²) in [6, 6.07) is 22.0. The molecular formula is C26H20N4O3. The van der Waals surface area contributed by atoms with Crippen LogP contribution in [0.4, 0.5) is 5.69 Å². The van der Waals surface area contributed by atoms with Crippen molar-refractivity contribution in [1.29, 1.82) is 0 Å². The third-order valence-electron chi connectivity index (χ3n) is 5.11. The van der Waals surface area contributed by atoms with E-state index in [1.807, 2.05) is 59.3 Å². The number of carbonyl (C=O) groups excluding carboxylic acids is 1. The standard InChI is InChI=1S/C26H20N4O3/c1-32-21-9-10-22(24(16-21)33-20-11-13-27-14-12-20)26(31)28-19-7-5-18(6-8-19)23-17-30-15-3-2-4-25(30)29-23/h2-17H,1H3,(H,28,31). The zero-order chi connectivity index (χ0) is 22.6. The van der Waals surface area contributed by atoms with Gasteiger partial charge < -0.3 is 19.2 Å². The lowest BCUT2D eigenvalue weighted by molar-refractivity contribution is 0.102. The first-order valence-electron chi connectivity index (χ1n) is 10.3. The molecule has 0 aliphatic rings. The molecule has 7 nitrogen and oxygen atoms in total. The van der Waals surface area contributed by atoms with Gasteiger partial charge in [0.1, 0.15) is 22.9 Å². The number of nitrogens with one attached hydrogen (secondary N) is 1. The summed E-state index contributed by atoms with van der Waals surface area (Å²) in [4.78, 5) is 21.7. The second-order valence-corrected chi connectivity index (χ2v) is 7.27. The lowest BCUT2D eigenvalue weighted by Crippen LogP contribution is -2.13. The number of aromatic nitrogens is 3. The molecule has 3 heterocycles. The average molecular weight is 436 g/mol. The van der Waals surface area contributed by atoms with Crippen molar-refractivity contribution in [2.75, 3.05) is 12.4 Å². The summed E-state index contributed by atoms with van der Waals surface area (Å²) in [6.45, 7) is 0. The van der Waals surface area contributed by atoms with Gasteiger partial charge in [-0.15, -0.1) is 0 Å². The van der Waals surface area contributed by atoms with Crippen LogP contribution in [0.1, 0.15) is 10.4 Å². The number of fused-ring (bicyclic) bond motifs is 1. The maximum atomic E-state index is 13.0. The highest BCUT2D eigenvalue weighted by molar-refractivity contribution is 6.06. The number of benzene rings is 2. The molecule has 0 fully saturated rings. The van der Waals surface area contributed by atoms with Crippen LogP contribution in [0.3, 0.4) is 0 Å². The Kier molecular flexibility index (Phi) is 5.43. The van der Waals surface area contributed by atoms with Gasteiger partial charge in [-0.2, -0.15) is 0 Å². The molecular weight excluding hydrogens is 416 g/mol. The number of nitrogens with zero attached hydrogens (tertiary/aromatic N) is 3. The minimum Gasteiger partial charge on any atom is -0.497 e. The topological polar surface area (TPSA) is 77.8 Å². The highest BCUT2D eigenvalue weighted by atomic mass is 16.5. The number of hydrogen-bond acceptors (Lipinski definition) is 5. The highest BCUT2D eigenvalue weighted by Crippen LogP contribution is 2.30. The van der Waals surface area contributed by atoms with Crippen molar-refractivity contribution in [3.05, 3.63) is 103 Å². The third kappa shape index (κ3) is 4.38. The molecule has 3 aromatic heterocycles. The van der Waals surface area contributed by atoms with Gasteiger partial charge in [0.25, 0.3) is 5.91 Å². The van der Waals surface area contributed by atoms with Crippen LogP contribution in [0, 0.1) is 0 Å². The smallest absolute Gasteiger partial charge is 0.259 e. The Hall–Kier alpha value is -4.65. The quantitative estimate of drug-likeness (QED) is 0.383. The number of methoxy groups -OCH3 is 1. The lowest BCUT2D eigenvalue weighted by Gasteiger charge is -2.13. The second-order valence-electron chi connectivity index (χ2n) is 7.27. The van der Waals surface area contributed by atoms with E-state index in [-0.39, 0.29) is 5.91 Å². The fourth-order valence-corrected chi connectivity index (χ4v) is 3.43.